The fourth-order valence-electron chi connectivity index (χ4n) is 10.1. The molecule has 0 fully saturated rings. The largest absolute Gasteiger partial charge is 0.435 e. The van der Waals surface area contributed by atoms with Crippen molar-refractivity contribution >= 4 is 76.3 Å². The average molecular weight is 857 g/mol. The molecule has 0 aliphatic rings. The van der Waals surface area contributed by atoms with Crippen molar-refractivity contribution in [1.29, 1.82) is 0 Å². The Kier molecular flexibility index (Phi) is 8.15. The maximum atomic E-state index is 6.61. The number of nitrogens with zero attached hydrogens (tertiary/aromatic N) is 6. The summed E-state index contributed by atoms with van der Waals surface area (Å²) in [6, 6.07) is 76.4. The topological polar surface area (TPSA) is 74.6 Å². The van der Waals surface area contributed by atoms with Crippen LogP contribution in [-0.4, -0.2) is 29.1 Å². The zero-order valence-corrected chi connectivity index (χ0v) is 35.9. The molecule has 10 aromatic carbocycles. The summed E-state index contributed by atoms with van der Waals surface area (Å²) < 4.78 is 11.2. The monoisotopic (exact) mass is 856 g/mol. The number of aromatic nitrogens is 6. The Morgan fingerprint density at radius 1 is 0.343 bits per heavy atom. The van der Waals surface area contributed by atoms with Crippen LogP contribution in [-0.2, 0) is 0 Å². The van der Waals surface area contributed by atoms with Crippen LogP contribution in [0.4, 0.5) is 0 Å². The predicted molar refractivity (Wildman–Crippen MR) is 273 cm³/mol. The SMILES string of the molecule is c1ccc(-c2nc3cccc(-c4nc(-c5ccc(-c6ccc7c(ccc8ccccc87)c6)cc5)nc(-n5c6ccccc6c6ccc7c8ccccc8n(-c8ccccc8)c7c65)n4)c3o2)cc1. The Bertz CT molecular complexity index is 4260. The minimum atomic E-state index is 0.480. The van der Waals surface area contributed by atoms with E-state index in [-0.39, 0.29) is 0 Å². The van der Waals surface area contributed by atoms with Crippen LogP contribution in [0.1, 0.15) is 0 Å². The number of hydrogen-bond donors (Lipinski definition) is 0. The van der Waals surface area contributed by atoms with Crippen molar-refractivity contribution in [3.8, 4) is 57.0 Å². The van der Waals surface area contributed by atoms with E-state index in [1.165, 1.54) is 26.9 Å². The van der Waals surface area contributed by atoms with E-state index in [4.69, 9.17) is 24.4 Å². The first-order valence-electron chi connectivity index (χ1n) is 22.5. The molecule has 4 aromatic heterocycles. The summed E-state index contributed by atoms with van der Waals surface area (Å²) in [6.45, 7) is 0. The van der Waals surface area contributed by atoms with Crippen molar-refractivity contribution in [3.05, 3.63) is 218 Å². The van der Waals surface area contributed by atoms with Gasteiger partial charge >= 0.3 is 0 Å². The van der Waals surface area contributed by atoms with Crippen LogP contribution in [0.5, 0.6) is 0 Å². The fraction of sp³-hybridized carbons (Fsp3) is 0. The zero-order chi connectivity index (χ0) is 44.0. The first-order chi connectivity index (χ1) is 33.2. The molecule has 0 aliphatic carbocycles. The Morgan fingerprint density at radius 3 is 1.70 bits per heavy atom. The lowest BCUT2D eigenvalue weighted by atomic mass is 9.97. The van der Waals surface area contributed by atoms with E-state index >= 15 is 0 Å². The van der Waals surface area contributed by atoms with Crippen LogP contribution in [0, 0.1) is 0 Å². The van der Waals surface area contributed by atoms with Gasteiger partial charge in [0, 0.05) is 38.4 Å². The molecule has 0 spiro atoms. The molecule has 7 nitrogen and oxygen atoms in total. The van der Waals surface area contributed by atoms with Gasteiger partial charge in [-0.15, -0.1) is 0 Å². The number of fused-ring (bicyclic) bond motifs is 11. The van der Waals surface area contributed by atoms with Crippen LogP contribution in [0.3, 0.4) is 0 Å². The summed E-state index contributed by atoms with van der Waals surface area (Å²) in [5.74, 6) is 2.05. The molecule has 0 saturated carbocycles. The Balaban J connectivity index is 1.02. The first-order valence-corrected chi connectivity index (χ1v) is 22.5. The fourth-order valence-corrected chi connectivity index (χ4v) is 10.1. The number of hydrogen-bond acceptors (Lipinski definition) is 5. The molecule has 4 heterocycles. The first kappa shape index (κ1) is 37.2. The summed E-state index contributed by atoms with van der Waals surface area (Å²) in [7, 11) is 0. The molecule has 0 bridgehead atoms. The van der Waals surface area contributed by atoms with Crippen molar-refractivity contribution in [2.75, 3.05) is 0 Å². The highest BCUT2D eigenvalue weighted by atomic mass is 16.3. The molecule has 0 radical (unpaired) electrons. The molecule has 67 heavy (non-hydrogen) atoms. The van der Waals surface area contributed by atoms with Gasteiger partial charge < -0.3 is 8.98 Å². The molecule has 14 rings (SSSR count). The maximum Gasteiger partial charge on any atom is 0.238 e. The molecule has 0 atom stereocenters. The molecular formula is C60H36N6O. The van der Waals surface area contributed by atoms with Crippen molar-refractivity contribution in [2.45, 2.75) is 0 Å². The Hall–Kier alpha value is -9.20. The standard InChI is InChI=1S/C60H36N6O/c1-3-15-40(16-4-1)59-61-51-23-13-22-50(56(51)67-59)58-62-57(39-29-26-37(27-30-39)41-32-33-45-42(36-41)31-28-38-14-7-8-19-44(38)45)63-60(64-58)66-53-25-12-10-21-47(53)49-35-34-48-46-20-9-11-24-52(46)65(54(48)55(49)66)43-17-5-2-6-18-43/h1-36H. The Labute approximate surface area is 383 Å². The van der Waals surface area contributed by atoms with Gasteiger partial charge in [-0.25, -0.2) is 9.97 Å². The van der Waals surface area contributed by atoms with Crippen LogP contribution < -0.4 is 0 Å². The average Bonchev–Trinajstić information content (AvgIpc) is 4.10. The van der Waals surface area contributed by atoms with Crippen molar-refractivity contribution in [1.82, 2.24) is 29.1 Å². The lowest BCUT2D eigenvalue weighted by molar-refractivity contribution is 0.620. The third-order valence-corrected chi connectivity index (χ3v) is 13.2. The van der Waals surface area contributed by atoms with E-state index < -0.39 is 0 Å². The van der Waals surface area contributed by atoms with E-state index in [0.717, 1.165) is 77.2 Å². The molecule has 14 aromatic rings. The van der Waals surface area contributed by atoms with Gasteiger partial charge in [0.2, 0.25) is 11.8 Å². The molecule has 312 valence electrons. The minimum absolute atomic E-state index is 0.480. The van der Waals surface area contributed by atoms with Crippen LogP contribution in [0.2, 0.25) is 0 Å². The number of benzene rings is 10. The highest BCUT2D eigenvalue weighted by Crippen LogP contribution is 2.42. The van der Waals surface area contributed by atoms with Gasteiger partial charge in [0.15, 0.2) is 17.2 Å². The quantitative estimate of drug-likeness (QED) is 0.156. The lowest BCUT2D eigenvalue weighted by Gasteiger charge is -2.13. The summed E-state index contributed by atoms with van der Waals surface area (Å²) in [6.07, 6.45) is 0. The molecule has 0 aliphatic heterocycles. The van der Waals surface area contributed by atoms with E-state index in [0.29, 0.717) is 29.1 Å². The van der Waals surface area contributed by atoms with Gasteiger partial charge in [-0.1, -0.05) is 164 Å². The summed E-state index contributed by atoms with van der Waals surface area (Å²) in [5.41, 5.74) is 11.3. The normalized spacial score (nSPS) is 11.9. The van der Waals surface area contributed by atoms with Crippen molar-refractivity contribution in [3.63, 3.8) is 0 Å². The maximum absolute atomic E-state index is 6.61. The van der Waals surface area contributed by atoms with Gasteiger partial charge in [0.1, 0.15) is 5.52 Å². The highest BCUT2D eigenvalue weighted by molar-refractivity contribution is 6.23. The van der Waals surface area contributed by atoms with Gasteiger partial charge in [0.25, 0.3) is 0 Å². The molecule has 0 unspecified atom stereocenters. The second kappa shape index (κ2) is 14.7. The molecule has 7 heteroatoms. The number of para-hydroxylation sites is 4. The summed E-state index contributed by atoms with van der Waals surface area (Å²) >= 11 is 0. The number of rotatable bonds is 6. The highest BCUT2D eigenvalue weighted by Gasteiger charge is 2.24. The van der Waals surface area contributed by atoms with Gasteiger partial charge in [0.05, 0.1) is 27.6 Å². The van der Waals surface area contributed by atoms with Crippen molar-refractivity contribution in [2.24, 2.45) is 0 Å². The molecule has 0 saturated heterocycles. The predicted octanol–water partition coefficient (Wildman–Crippen LogP) is 15.2. The minimum Gasteiger partial charge on any atom is -0.435 e. The van der Waals surface area contributed by atoms with Crippen LogP contribution in [0.15, 0.2) is 223 Å². The van der Waals surface area contributed by atoms with Crippen molar-refractivity contribution < 1.29 is 4.42 Å². The van der Waals surface area contributed by atoms with Gasteiger partial charge in [-0.2, -0.15) is 9.97 Å². The second-order valence-electron chi connectivity index (χ2n) is 17.0. The summed E-state index contributed by atoms with van der Waals surface area (Å²) in [4.78, 5) is 21.1. The van der Waals surface area contributed by atoms with E-state index in [1.807, 2.05) is 48.5 Å². The van der Waals surface area contributed by atoms with E-state index in [1.54, 1.807) is 0 Å². The molecular weight excluding hydrogens is 821 g/mol. The number of oxazole rings is 1. The third kappa shape index (κ3) is 5.85. The van der Waals surface area contributed by atoms with Crippen LogP contribution >= 0.6 is 0 Å². The van der Waals surface area contributed by atoms with E-state index in [9.17, 15) is 0 Å². The Morgan fingerprint density at radius 2 is 0.925 bits per heavy atom. The smallest absolute Gasteiger partial charge is 0.238 e. The second-order valence-corrected chi connectivity index (χ2v) is 17.0. The molecule has 0 N–H and O–H groups in total. The van der Waals surface area contributed by atoms with Gasteiger partial charge in [-0.05, 0) is 87.3 Å². The third-order valence-electron chi connectivity index (χ3n) is 13.2. The lowest BCUT2D eigenvalue weighted by Crippen LogP contribution is -2.07. The molecule has 0 amide bonds. The summed E-state index contributed by atoms with van der Waals surface area (Å²) in [5, 5.41) is 9.46. The van der Waals surface area contributed by atoms with Gasteiger partial charge in [-0.3, -0.25) is 4.57 Å². The van der Waals surface area contributed by atoms with E-state index in [2.05, 4.69) is 179 Å². The zero-order valence-electron chi connectivity index (χ0n) is 35.9. The van der Waals surface area contributed by atoms with Crippen LogP contribution in [0.25, 0.3) is 133 Å².